The van der Waals surface area contributed by atoms with Gasteiger partial charge in [0.25, 0.3) is 0 Å². The second-order valence-electron chi connectivity index (χ2n) is 8.95. The number of hydrogen-bond acceptors (Lipinski definition) is 4. The minimum atomic E-state index is -2.82. The highest BCUT2D eigenvalue weighted by Gasteiger charge is 2.36. The van der Waals surface area contributed by atoms with Crippen LogP contribution in [0.15, 0.2) is 4.99 Å². The Balaban J connectivity index is 1.57. The predicted molar refractivity (Wildman–Crippen MR) is 107 cm³/mol. The van der Waals surface area contributed by atoms with Gasteiger partial charge >= 0.3 is 0 Å². The van der Waals surface area contributed by atoms with Crippen LogP contribution in [0.3, 0.4) is 0 Å². The summed E-state index contributed by atoms with van der Waals surface area (Å²) >= 11 is 0. The summed E-state index contributed by atoms with van der Waals surface area (Å²) in [7, 11) is -0.544. The largest absolute Gasteiger partial charge is 0.356 e. The van der Waals surface area contributed by atoms with Gasteiger partial charge in [-0.25, -0.2) is 8.42 Å². The van der Waals surface area contributed by atoms with Crippen molar-refractivity contribution >= 4 is 15.8 Å². The van der Waals surface area contributed by atoms with E-state index in [2.05, 4.69) is 36.4 Å². The number of aliphatic imine (C=N–C) groups is 1. The van der Waals surface area contributed by atoms with E-state index < -0.39 is 9.84 Å². The van der Waals surface area contributed by atoms with Crippen LogP contribution in [-0.4, -0.2) is 69.0 Å². The zero-order valence-corrected chi connectivity index (χ0v) is 17.4. The smallest absolute Gasteiger partial charge is 0.191 e. The molecule has 7 heteroatoms. The maximum atomic E-state index is 11.7. The molecule has 26 heavy (non-hydrogen) atoms. The van der Waals surface area contributed by atoms with Gasteiger partial charge in [0.2, 0.25) is 0 Å². The Morgan fingerprint density at radius 3 is 2.46 bits per heavy atom. The summed E-state index contributed by atoms with van der Waals surface area (Å²) in [5, 5.41) is 7.11. The van der Waals surface area contributed by atoms with Gasteiger partial charge in [-0.1, -0.05) is 20.3 Å². The van der Waals surface area contributed by atoms with Crippen molar-refractivity contribution in [3.8, 4) is 0 Å². The monoisotopic (exact) mass is 384 g/mol. The molecule has 3 rings (SSSR count). The third-order valence-corrected chi connectivity index (χ3v) is 8.02. The fourth-order valence-corrected chi connectivity index (χ4v) is 6.49. The molecule has 2 N–H and O–H groups in total. The number of fused-ring (bicyclic) bond motifs is 2. The van der Waals surface area contributed by atoms with Crippen LogP contribution in [-0.2, 0) is 9.84 Å². The average Bonchev–Trinajstić information content (AvgIpc) is 2.90. The molecule has 0 aliphatic carbocycles. The number of nitrogens with one attached hydrogen (secondary N) is 2. The highest BCUT2D eigenvalue weighted by Crippen LogP contribution is 2.32. The summed E-state index contributed by atoms with van der Waals surface area (Å²) in [4.78, 5) is 7.33. The maximum absolute atomic E-state index is 11.7. The van der Waals surface area contributed by atoms with E-state index in [1.54, 1.807) is 0 Å². The van der Waals surface area contributed by atoms with Crippen molar-refractivity contribution in [2.75, 3.05) is 31.6 Å². The Kier molecular flexibility index (Phi) is 6.49. The van der Waals surface area contributed by atoms with Gasteiger partial charge < -0.3 is 15.5 Å². The molecule has 0 saturated carbocycles. The summed E-state index contributed by atoms with van der Waals surface area (Å²) in [6.45, 7) is 5.83. The lowest BCUT2D eigenvalue weighted by molar-refractivity contribution is 0.0526. The molecule has 3 aliphatic rings. The maximum Gasteiger partial charge on any atom is 0.191 e. The van der Waals surface area contributed by atoms with Crippen molar-refractivity contribution in [3.63, 3.8) is 0 Å². The Morgan fingerprint density at radius 1 is 1.19 bits per heavy atom. The molecule has 6 nitrogen and oxygen atoms in total. The lowest BCUT2D eigenvalue weighted by atomic mass is 9.82. The van der Waals surface area contributed by atoms with Crippen molar-refractivity contribution in [2.24, 2.45) is 16.8 Å². The van der Waals surface area contributed by atoms with Gasteiger partial charge in [0.05, 0.1) is 11.5 Å². The summed E-state index contributed by atoms with van der Waals surface area (Å²) < 4.78 is 23.4. The average molecular weight is 385 g/mol. The van der Waals surface area contributed by atoms with E-state index in [0.29, 0.717) is 42.1 Å². The molecule has 0 spiro atoms. The molecular weight excluding hydrogens is 348 g/mol. The number of piperidine rings is 2. The van der Waals surface area contributed by atoms with Crippen molar-refractivity contribution < 1.29 is 8.42 Å². The Bertz CT molecular complexity index is 591. The zero-order chi connectivity index (χ0) is 18.7. The standard InChI is InChI=1S/C19H36N4O2S/c1-14(2)11-20-19(21-12-15-7-8-26(24,25)13-15)22-16-9-17-5-4-6-18(10-16)23(17)3/h14-18H,4-13H2,1-3H3,(H2,20,21,22). The SMILES string of the molecule is CC(C)CN=C(NCC1CCS(=O)(=O)C1)NC1CC2CCCC(C1)N2C. The van der Waals surface area contributed by atoms with Crippen LogP contribution in [0, 0.1) is 11.8 Å². The van der Waals surface area contributed by atoms with Gasteiger partial charge in [-0.3, -0.25) is 4.99 Å². The minimum absolute atomic E-state index is 0.211. The summed E-state index contributed by atoms with van der Waals surface area (Å²) in [6.07, 6.45) is 7.08. The van der Waals surface area contributed by atoms with Crippen molar-refractivity contribution in [1.82, 2.24) is 15.5 Å². The van der Waals surface area contributed by atoms with Crippen LogP contribution in [0.4, 0.5) is 0 Å². The molecule has 150 valence electrons. The Labute approximate surface area is 159 Å². The second kappa shape index (κ2) is 8.46. The number of rotatable bonds is 5. The lowest BCUT2D eigenvalue weighted by Crippen LogP contribution is -2.57. The molecule has 3 atom stereocenters. The molecule has 3 aliphatic heterocycles. The molecule has 3 heterocycles. The summed E-state index contributed by atoms with van der Waals surface area (Å²) in [5.41, 5.74) is 0. The first kappa shape index (κ1) is 19.9. The van der Waals surface area contributed by atoms with E-state index in [1.807, 2.05) is 0 Å². The first-order valence-corrected chi connectivity index (χ1v) is 12.1. The van der Waals surface area contributed by atoms with Crippen LogP contribution in [0.25, 0.3) is 0 Å². The quantitative estimate of drug-likeness (QED) is 0.557. The molecule has 0 aromatic rings. The highest BCUT2D eigenvalue weighted by molar-refractivity contribution is 7.91. The third-order valence-electron chi connectivity index (χ3n) is 6.18. The predicted octanol–water partition coefficient (Wildman–Crippen LogP) is 1.63. The summed E-state index contributed by atoms with van der Waals surface area (Å²) in [6, 6.07) is 1.84. The first-order chi connectivity index (χ1) is 12.3. The number of hydrogen-bond donors (Lipinski definition) is 2. The van der Waals surface area contributed by atoms with Crippen LogP contribution < -0.4 is 10.6 Å². The molecule has 0 radical (unpaired) electrons. The van der Waals surface area contributed by atoms with Crippen molar-refractivity contribution in [1.29, 1.82) is 0 Å². The fourth-order valence-electron chi connectivity index (χ4n) is 4.63. The third kappa shape index (κ3) is 5.35. The number of sulfone groups is 1. The van der Waals surface area contributed by atoms with Gasteiger partial charge in [0.15, 0.2) is 15.8 Å². The van der Waals surface area contributed by atoms with E-state index in [0.717, 1.165) is 18.9 Å². The topological polar surface area (TPSA) is 73.8 Å². The van der Waals surface area contributed by atoms with Crippen molar-refractivity contribution in [2.45, 2.75) is 70.5 Å². The van der Waals surface area contributed by atoms with Gasteiger partial charge in [-0.2, -0.15) is 0 Å². The van der Waals surface area contributed by atoms with Crippen LogP contribution in [0.5, 0.6) is 0 Å². The second-order valence-corrected chi connectivity index (χ2v) is 11.2. The summed E-state index contributed by atoms with van der Waals surface area (Å²) in [5.74, 6) is 2.25. The van der Waals surface area contributed by atoms with E-state index in [-0.39, 0.29) is 5.92 Å². The van der Waals surface area contributed by atoms with Crippen LogP contribution in [0.1, 0.15) is 52.4 Å². The minimum Gasteiger partial charge on any atom is -0.356 e. The highest BCUT2D eigenvalue weighted by atomic mass is 32.2. The fraction of sp³-hybridized carbons (Fsp3) is 0.947. The zero-order valence-electron chi connectivity index (χ0n) is 16.6. The molecular formula is C19H36N4O2S. The van der Waals surface area contributed by atoms with Crippen LogP contribution >= 0.6 is 0 Å². The number of nitrogens with zero attached hydrogens (tertiary/aromatic N) is 2. The van der Waals surface area contributed by atoms with Gasteiger partial charge in [0.1, 0.15) is 0 Å². The Hall–Kier alpha value is -0.820. The molecule has 3 fully saturated rings. The van der Waals surface area contributed by atoms with E-state index in [9.17, 15) is 8.42 Å². The molecule has 0 aromatic heterocycles. The normalized spacial score (nSPS) is 34.8. The van der Waals surface area contributed by atoms with E-state index in [4.69, 9.17) is 4.99 Å². The number of guanidine groups is 1. The van der Waals surface area contributed by atoms with Gasteiger partial charge in [-0.05, 0) is 51.0 Å². The van der Waals surface area contributed by atoms with Gasteiger partial charge in [0, 0.05) is 31.2 Å². The molecule has 0 aromatic carbocycles. The molecule has 3 saturated heterocycles. The van der Waals surface area contributed by atoms with E-state index in [1.165, 1.54) is 32.1 Å². The van der Waals surface area contributed by atoms with E-state index >= 15 is 0 Å². The van der Waals surface area contributed by atoms with Crippen LogP contribution in [0.2, 0.25) is 0 Å². The lowest BCUT2D eigenvalue weighted by Gasteiger charge is -2.47. The molecule has 2 bridgehead atoms. The molecule has 0 amide bonds. The molecule has 3 unspecified atom stereocenters. The van der Waals surface area contributed by atoms with Crippen molar-refractivity contribution in [3.05, 3.63) is 0 Å². The first-order valence-electron chi connectivity index (χ1n) is 10.3. The van der Waals surface area contributed by atoms with Gasteiger partial charge in [-0.15, -0.1) is 0 Å². The Morgan fingerprint density at radius 2 is 1.88 bits per heavy atom.